The SMILES string of the molecule is O=C(O)OC(F)(F)C(F)(F)C(F)(F)C(F)(F)F. The summed E-state index contributed by atoms with van der Waals surface area (Å²) < 4.78 is 109. The molecule has 102 valence electrons. The van der Waals surface area contributed by atoms with Crippen molar-refractivity contribution in [1.29, 1.82) is 0 Å². The van der Waals surface area contributed by atoms with Crippen LogP contribution in [0, 0.1) is 0 Å². The summed E-state index contributed by atoms with van der Waals surface area (Å²) in [4.78, 5) is 9.48. The largest absolute Gasteiger partial charge is 0.510 e. The summed E-state index contributed by atoms with van der Waals surface area (Å²) in [6.45, 7) is 0. The molecule has 0 unspecified atom stereocenters. The molecule has 17 heavy (non-hydrogen) atoms. The normalized spacial score (nSPS) is 14.6. The quantitative estimate of drug-likeness (QED) is 0.638. The third-order valence-electron chi connectivity index (χ3n) is 1.33. The second-order valence-corrected chi connectivity index (χ2v) is 2.53. The fourth-order valence-corrected chi connectivity index (χ4v) is 0.535. The Bertz CT molecular complexity index is 306. The molecule has 0 spiro atoms. The highest BCUT2D eigenvalue weighted by Gasteiger charge is 2.84. The Morgan fingerprint density at radius 2 is 1.18 bits per heavy atom. The van der Waals surface area contributed by atoms with E-state index >= 15 is 0 Å². The molecule has 0 bridgehead atoms. The smallest absolute Gasteiger partial charge is 0.450 e. The number of halogens is 9. The second-order valence-electron chi connectivity index (χ2n) is 2.53. The van der Waals surface area contributed by atoms with E-state index in [4.69, 9.17) is 5.11 Å². The van der Waals surface area contributed by atoms with Gasteiger partial charge < -0.3 is 9.84 Å². The number of carbonyl (C=O) groups is 1. The predicted molar refractivity (Wildman–Crippen MR) is 30.0 cm³/mol. The lowest BCUT2D eigenvalue weighted by Crippen LogP contribution is -2.62. The Kier molecular flexibility index (Phi) is 3.53. The average Bonchev–Trinajstić information content (AvgIpc) is 1.98. The van der Waals surface area contributed by atoms with Gasteiger partial charge in [0.15, 0.2) is 0 Å². The Labute approximate surface area is 85.8 Å². The highest BCUT2D eigenvalue weighted by molar-refractivity contribution is 5.57. The molecule has 0 amide bonds. The molecule has 0 fully saturated rings. The monoisotopic (exact) mass is 280 g/mol. The van der Waals surface area contributed by atoms with E-state index in [0.717, 1.165) is 0 Å². The standard InChI is InChI=1S/C5HF9O3/c6-2(7,4(10,11)12)3(8,9)5(13,14)17-1(15)16/h(H,15,16). The van der Waals surface area contributed by atoms with E-state index < -0.39 is 30.3 Å². The number of hydrogen-bond acceptors (Lipinski definition) is 2. The molecule has 0 saturated heterocycles. The van der Waals surface area contributed by atoms with E-state index in [1.165, 1.54) is 0 Å². The zero-order valence-corrected chi connectivity index (χ0v) is 7.17. The van der Waals surface area contributed by atoms with Crippen molar-refractivity contribution in [2.24, 2.45) is 0 Å². The fraction of sp³-hybridized carbons (Fsp3) is 0.800. The van der Waals surface area contributed by atoms with Crippen LogP contribution in [0.4, 0.5) is 44.3 Å². The molecule has 0 aliphatic rings. The van der Waals surface area contributed by atoms with Crippen LogP contribution in [0.15, 0.2) is 0 Å². The minimum atomic E-state index is -7.17. The van der Waals surface area contributed by atoms with Gasteiger partial charge in [0.1, 0.15) is 0 Å². The lowest BCUT2D eigenvalue weighted by Gasteiger charge is -2.31. The van der Waals surface area contributed by atoms with Crippen LogP contribution in [-0.2, 0) is 4.74 Å². The van der Waals surface area contributed by atoms with Gasteiger partial charge in [-0.2, -0.15) is 39.5 Å². The van der Waals surface area contributed by atoms with Crippen molar-refractivity contribution in [3.63, 3.8) is 0 Å². The van der Waals surface area contributed by atoms with Gasteiger partial charge in [0, 0.05) is 0 Å². The molecule has 0 heterocycles. The molecule has 3 nitrogen and oxygen atoms in total. The maximum atomic E-state index is 12.2. The molecule has 1 N–H and O–H groups in total. The van der Waals surface area contributed by atoms with Crippen molar-refractivity contribution in [3.05, 3.63) is 0 Å². The summed E-state index contributed by atoms with van der Waals surface area (Å²) >= 11 is 0. The van der Waals surface area contributed by atoms with Crippen molar-refractivity contribution < 1.29 is 54.2 Å². The van der Waals surface area contributed by atoms with Gasteiger partial charge in [-0.25, -0.2) is 4.79 Å². The molecule has 0 aromatic heterocycles. The van der Waals surface area contributed by atoms with Crippen LogP contribution >= 0.6 is 0 Å². The Balaban J connectivity index is 5.47. The maximum Gasteiger partial charge on any atom is 0.510 e. The molecule has 0 aromatic carbocycles. The molecule has 0 aliphatic heterocycles. The van der Waals surface area contributed by atoms with Gasteiger partial charge >= 0.3 is 30.3 Å². The second kappa shape index (κ2) is 3.84. The Hall–Kier alpha value is -1.36. The van der Waals surface area contributed by atoms with E-state index in [-0.39, 0.29) is 0 Å². The zero-order valence-electron chi connectivity index (χ0n) is 7.17. The summed E-state index contributed by atoms with van der Waals surface area (Å²) in [6, 6.07) is 0. The van der Waals surface area contributed by atoms with Crippen LogP contribution in [-0.4, -0.2) is 35.4 Å². The van der Waals surface area contributed by atoms with Crippen molar-refractivity contribution in [3.8, 4) is 0 Å². The van der Waals surface area contributed by atoms with Gasteiger partial charge in [-0.3, -0.25) is 0 Å². The summed E-state index contributed by atoms with van der Waals surface area (Å²) in [5.74, 6) is -14.3. The highest BCUT2D eigenvalue weighted by Crippen LogP contribution is 2.53. The molecule has 12 heteroatoms. The van der Waals surface area contributed by atoms with E-state index in [1.807, 2.05) is 4.74 Å². The number of alkyl halides is 9. The lowest BCUT2D eigenvalue weighted by atomic mass is 10.1. The highest BCUT2D eigenvalue weighted by atomic mass is 19.4. The van der Waals surface area contributed by atoms with Crippen molar-refractivity contribution in [1.82, 2.24) is 0 Å². The Morgan fingerprint density at radius 3 is 1.41 bits per heavy atom. The van der Waals surface area contributed by atoms with Gasteiger partial charge in [0.05, 0.1) is 0 Å². The molecule has 0 atom stereocenters. The third kappa shape index (κ3) is 2.49. The molecule has 0 aromatic rings. The van der Waals surface area contributed by atoms with Gasteiger partial charge in [0.2, 0.25) is 0 Å². The molecule has 0 radical (unpaired) electrons. The van der Waals surface area contributed by atoms with E-state index in [2.05, 4.69) is 0 Å². The molecule has 0 aliphatic carbocycles. The first-order valence-electron chi connectivity index (χ1n) is 3.29. The lowest BCUT2D eigenvalue weighted by molar-refractivity contribution is -0.434. The summed E-state index contributed by atoms with van der Waals surface area (Å²) in [5, 5.41) is 7.52. The third-order valence-corrected chi connectivity index (χ3v) is 1.33. The van der Waals surface area contributed by atoms with Crippen LogP contribution in [0.25, 0.3) is 0 Å². The molecule has 0 saturated carbocycles. The topological polar surface area (TPSA) is 46.5 Å². The van der Waals surface area contributed by atoms with Crippen LogP contribution in [0.5, 0.6) is 0 Å². The number of rotatable bonds is 3. The number of ether oxygens (including phenoxy) is 1. The molecule has 0 rings (SSSR count). The van der Waals surface area contributed by atoms with E-state index in [9.17, 15) is 44.3 Å². The van der Waals surface area contributed by atoms with Crippen molar-refractivity contribution >= 4 is 6.16 Å². The fourth-order valence-electron chi connectivity index (χ4n) is 0.535. The maximum absolute atomic E-state index is 12.2. The zero-order chi connectivity index (χ0) is 14.3. The summed E-state index contributed by atoms with van der Waals surface area (Å²) in [6.07, 6.45) is -16.7. The first-order valence-corrected chi connectivity index (χ1v) is 3.29. The van der Waals surface area contributed by atoms with Gasteiger partial charge in [-0.1, -0.05) is 0 Å². The van der Waals surface area contributed by atoms with Crippen LogP contribution in [0.1, 0.15) is 0 Å². The van der Waals surface area contributed by atoms with Crippen LogP contribution in [0.2, 0.25) is 0 Å². The first-order chi connectivity index (χ1) is 7.17. The first kappa shape index (κ1) is 15.6. The van der Waals surface area contributed by atoms with Crippen LogP contribution < -0.4 is 0 Å². The van der Waals surface area contributed by atoms with Crippen molar-refractivity contribution in [2.75, 3.05) is 0 Å². The average molecular weight is 280 g/mol. The van der Waals surface area contributed by atoms with Crippen LogP contribution in [0.3, 0.4) is 0 Å². The van der Waals surface area contributed by atoms with Gasteiger partial charge in [-0.05, 0) is 0 Å². The summed E-state index contributed by atoms with van der Waals surface area (Å²) in [7, 11) is 0. The minimum absolute atomic E-state index is 2.04. The Morgan fingerprint density at radius 1 is 0.824 bits per heavy atom. The van der Waals surface area contributed by atoms with E-state index in [1.54, 1.807) is 0 Å². The van der Waals surface area contributed by atoms with Gasteiger partial charge in [0.25, 0.3) is 0 Å². The number of carboxylic acid groups (broad SMARTS) is 1. The summed E-state index contributed by atoms with van der Waals surface area (Å²) in [5.41, 5.74) is 0. The molecular formula is C5HF9O3. The van der Waals surface area contributed by atoms with Crippen molar-refractivity contribution in [2.45, 2.75) is 24.1 Å². The van der Waals surface area contributed by atoms with Gasteiger partial charge in [-0.15, -0.1) is 0 Å². The minimum Gasteiger partial charge on any atom is -0.450 e. The predicted octanol–water partition coefficient (Wildman–Crippen LogP) is 3.11. The number of hydrogen-bond donors (Lipinski definition) is 1. The van der Waals surface area contributed by atoms with E-state index in [0.29, 0.717) is 0 Å². The molecular weight excluding hydrogens is 279 g/mol.